The van der Waals surface area contributed by atoms with E-state index in [2.05, 4.69) is 22.3 Å². The number of aromatic nitrogens is 2. The zero-order valence-corrected chi connectivity index (χ0v) is 11.0. The first-order valence-corrected chi connectivity index (χ1v) is 6.34. The first kappa shape index (κ1) is 13.3. The summed E-state index contributed by atoms with van der Waals surface area (Å²) < 4.78 is 1.77. The molecule has 0 aromatic carbocycles. The molecule has 1 aliphatic rings. The van der Waals surface area contributed by atoms with Crippen LogP contribution >= 0.6 is 0 Å². The lowest BCUT2D eigenvalue weighted by molar-refractivity contribution is -0.116. The van der Waals surface area contributed by atoms with Crippen LogP contribution in [-0.4, -0.2) is 34.7 Å². The van der Waals surface area contributed by atoms with Gasteiger partial charge in [-0.05, 0) is 25.0 Å². The molecule has 1 aliphatic carbocycles. The van der Waals surface area contributed by atoms with Gasteiger partial charge in [-0.3, -0.25) is 14.3 Å². The van der Waals surface area contributed by atoms with Crippen LogP contribution in [-0.2, 0) is 11.8 Å². The zero-order valence-electron chi connectivity index (χ0n) is 11.0. The van der Waals surface area contributed by atoms with Gasteiger partial charge in [0.15, 0.2) is 0 Å². The molecule has 1 fully saturated rings. The number of rotatable bonds is 6. The molecule has 6 nitrogen and oxygen atoms in total. The van der Waals surface area contributed by atoms with E-state index in [1.165, 1.54) is 18.9 Å². The Hall–Kier alpha value is -2.11. The number of nitrogens with zero attached hydrogens (tertiary/aromatic N) is 2. The fourth-order valence-corrected chi connectivity index (χ4v) is 1.88. The van der Waals surface area contributed by atoms with Gasteiger partial charge in [-0.2, -0.15) is 5.10 Å². The quantitative estimate of drug-likeness (QED) is 0.573. The number of nitrogens with one attached hydrogen (secondary N) is 2. The van der Waals surface area contributed by atoms with Crippen molar-refractivity contribution in [2.45, 2.75) is 18.8 Å². The third-order valence-electron chi connectivity index (χ3n) is 3.04. The van der Waals surface area contributed by atoms with Crippen LogP contribution in [0.2, 0.25) is 0 Å². The Morgan fingerprint density at radius 1 is 1.47 bits per heavy atom. The Morgan fingerprint density at radius 2 is 2.16 bits per heavy atom. The van der Waals surface area contributed by atoms with Gasteiger partial charge in [0.25, 0.3) is 5.91 Å². The molecule has 2 rings (SSSR count). The summed E-state index contributed by atoms with van der Waals surface area (Å²) in [5, 5.41) is 9.50. The molecule has 1 saturated carbocycles. The lowest BCUT2D eigenvalue weighted by Crippen LogP contribution is -2.34. The average Bonchev–Trinajstić information content (AvgIpc) is 3.17. The predicted molar refractivity (Wildman–Crippen MR) is 70.7 cm³/mol. The Balaban J connectivity index is 1.81. The normalized spacial score (nSPS) is 13.9. The summed E-state index contributed by atoms with van der Waals surface area (Å²) in [4.78, 5) is 22.7. The van der Waals surface area contributed by atoms with Crippen LogP contribution in [0, 0.1) is 0 Å². The number of carbonyl (C=O) groups excluding carboxylic acids is 2. The number of amides is 2. The van der Waals surface area contributed by atoms with Crippen LogP contribution in [0.1, 0.15) is 34.9 Å². The first-order chi connectivity index (χ1) is 9.11. The van der Waals surface area contributed by atoms with Gasteiger partial charge in [0.1, 0.15) is 5.69 Å². The van der Waals surface area contributed by atoms with E-state index in [-0.39, 0.29) is 11.8 Å². The molecule has 1 aromatic rings. The maximum atomic E-state index is 11.8. The van der Waals surface area contributed by atoms with E-state index in [0.717, 1.165) is 5.69 Å². The van der Waals surface area contributed by atoms with E-state index in [9.17, 15) is 9.59 Å². The fourth-order valence-electron chi connectivity index (χ4n) is 1.88. The molecular weight excluding hydrogens is 244 g/mol. The third-order valence-corrected chi connectivity index (χ3v) is 3.04. The van der Waals surface area contributed by atoms with Crippen molar-refractivity contribution >= 4 is 11.8 Å². The van der Waals surface area contributed by atoms with E-state index >= 15 is 0 Å². The van der Waals surface area contributed by atoms with E-state index < -0.39 is 0 Å². The molecule has 0 radical (unpaired) electrons. The summed E-state index contributed by atoms with van der Waals surface area (Å²) in [6.45, 7) is 4.09. The number of hydrogen-bond donors (Lipinski definition) is 2. The van der Waals surface area contributed by atoms with E-state index in [1.54, 1.807) is 4.68 Å². The SMILES string of the molecule is C=CC(=O)NCCNC(=O)c1cc(C2CC2)n(C)n1. The van der Waals surface area contributed by atoms with E-state index in [0.29, 0.717) is 24.7 Å². The average molecular weight is 262 g/mol. The Morgan fingerprint density at radius 3 is 2.79 bits per heavy atom. The van der Waals surface area contributed by atoms with Crippen molar-refractivity contribution in [3.63, 3.8) is 0 Å². The summed E-state index contributed by atoms with van der Waals surface area (Å²) in [5.74, 6) is 0.101. The molecule has 0 unspecified atom stereocenters. The Bertz CT molecular complexity index is 503. The van der Waals surface area contributed by atoms with Crippen molar-refractivity contribution < 1.29 is 9.59 Å². The van der Waals surface area contributed by atoms with E-state index in [4.69, 9.17) is 0 Å². The second-order valence-electron chi connectivity index (χ2n) is 4.60. The van der Waals surface area contributed by atoms with Crippen molar-refractivity contribution in [3.05, 3.63) is 30.1 Å². The number of aryl methyl sites for hydroxylation is 1. The second-order valence-corrected chi connectivity index (χ2v) is 4.60. The topological polar surface area (TPSA) is 76.0 Å². The predicted octanol–water partition coefficient (Wildman–Crippen LogP) is 0.329. The molecule has 19 heavy (non-hydrogen) atoms. The monoisotopic (exact) mass is 262 g/mol. The van der Waals surface area contributed by atoms with Gasteiger partial charge in [-0.1, -0.05) is 6.58 Å². The maximum absolute atomic E-state index is 11.8. The van der Waals surface area contributed by atoms with Crippen LogP contribution in [0.3, 0.4) is 0 Å². The van der Waals surface area contributed by atoms with E-state index in [1.807, 2.05) is 13.1 Å². The largest absolute Gasteiger partial charge is 0.351 e. The molecule has 2 amide bonds. The van der Waals surface area contributed by atoms with Gasteiger partial charge in [-0.25, -0.2) is 0 Å². The second kappa shape index (κ2) is 5.69. The number of carbonyl (C=O) groups is 2. The van der Waals surface area contributed by atoms with Crippen molar-refractivity contribution in [2.75, 3.05) is 13.1 Å². The fraction of sp³-hybridized carbons (Fsp3) is 0.462. The molecule has 102 valence electrons. The zero-order chi connectivity index (χ0) is 13.8. The van der Waals surface area contributed by atoms with Crippen LogP contribution < -0.4 is 10.6 Å². The van der Waals surface area contributed by atoms with Gasteiger partial charge < -0.3 is 10.6 Å². The van der Waals surface area contributed by atoms with Crippen LogP contribution in [0.4, 0.5) is 0 Å². The Labute approximate surface area is 111 Å². The summed E-state index contributed by atoms with van der Waals surface area (Å²) in [6, 6.07) is 1.84. The van der Waals surface area contributed by atoms with Gasteiger partial charge in [-0.15, -0.1) is 0 Å². The van der Waals surface area contributed by atoms with Crippen molar-refractivity contribution in [2.24, 2.45) is 7.05 Å². The van der Waals surface area contributed by atoms with Gasteiger partial charge in [0.2, 0.25) is 5.91 Å². The summed E-state index contributed by atoms with van der Waals surface area (Å²) in [6.07, 6.45) is 3.55. The molecule has 0 spiro atoms. The van der Waals surface area contributed by atoms with Gasteiger partial charge in [0.05, 0.1) is 0 Å². The minimum absolute atomic E-state index is 0.213. The van der Waals surface area contributed by atoms with Crippen LogP contribution in [0.15, 0.2) is 18.7 Å². The highest BCUT2D eigenvalue weighted by Crippen LogP contribution is 2.39. The summed E-state index contributed by atoms with van der Waals surface area (Å²) >= 11 is 0. The Kier molecular flexibility index (Phi) is 3.99. The smallest absolute Gasteiger partial charge is 0.271 e. The summed E-state index contributed by atoms with van der Waals surface area (Å²) in [5.41, 5.74) is 1.55. The summed E-state index contributed by atoms with van der Waals surface area (Å²) in [7, 11) is 1.86. The molecule has 6 heteroatoms. The van der Waals surface area contributed by atoms with Crippen molar-refractivity contribution in [1.82, 2.24) is 20.4 Å². The van der Waals surface area contributed by atoms with Crippen LogP contribution in [0.5, 0.6) is 0 Å². The molecule has 0 aliphatic heterocycles. The standard InChI is InChI=1S/C13H18N4O2/c1-3-12(18)14-6-7-15-13(19)10-8-11(9-4-5-9)17(2)16-10/h3,8-9H,1,4-7H2,2H3,(H,14,18)(H,15,19). The lowest BCUT2D eigenvalue weighted by Gasteiger charge is -2.03. The first-order valence-electron chi connectivity index (χ1n) is 6.34. The van der Waals surface area contributed by atoms with Gasteiger partial charge >= 0.3 is 0 Å². The highest BCUT2D eigenvalue weighted by molar-refractivity contribution is 5.92. The molecule has 0 atom stereocenters. The molecule has 2 N–H and O–H groups in total. The minimum atomic E-state index is -0.247. The molecule has 1 aromatic heterocycles. The molecular formula is C13H18N4O2. The molecule has 0 saturated heterocycles. The third kappa shape index (κ3) is 3.43. The molecule has 1 heterocycles. The molecule has 0 bridgehead atoms. The highest BCUT2D eigenvalue weighted by Gasteiger charge is 2.28. The van der Waals surface area contributed by atoms with Crippen molar-refractivity contribution in [1.29, 1.82) is 0 Å². The maximum Gasteiger partial charge on any atom is 0.271 e. The minimum Gasteiger partial charge on any atom is -0.351 e. The van der Waals surface area contributed by atoms with Gasteiger partial charge in [0, 0.05) is 31.7 Å². The van der Waals surface area contributed by atoms with Crippen LogP contribution in [0.25, 0.3) is 0 Å². The highest BCUT2D eigenvalue weighted by atomic mass is 16.2. The number of hydrogen-bond acceptors (Lipinski definition) is 3. The van der Waals surface area contributed by atoms with Crippen molar-refractivity contribution in [3.8, 4) is 0 Å². The lowest BCUT2D eigenvalue weighted by atomic mass is 10.2.